The molecular formula is C44H50IrNO2-. The predicted octanol–water partition coefficient (Wildman–Crippen LogP) is 12.2. The second-order valence-electron chi connectivity index (χ2n) is 13.3. The van der Waals surface area contributed by atoms with Crippen LogP contribution in [0.15, 0.2) is 115 Å². The van der Waals surface area contributed by atoms with Crippen LogP contribution in [0.1, 0.15) is 79.7 Å². The Labute approximate surface area is 301 Å². The van der Waals surface area contributed by atoms with Crippen LogP contribution in [0.5, 0.6) is 0 Å². The van der Waals surface area contributed by atoms with Gasteiger partial charge in [0, 0.05) is 49.9 Å². The van der Waals surface area contributed by atoms with Crippen molar-refractivity contribution in [3.8, 4) is 33.5 Å². The summed E-state index contributed by atoms with van der Waals surface area (Å²) in [6, 6.07) is 37.8. The first kappa shape index (κ1) is 38.6. The summed E-state index contributed by atoms with van der Waals surface area (Å²) in [5, 5.41) is 12.2. The van der Waals surface area contributed by atoms with Gasteiger partial charge in [0.05, 0.1) is 5.76 Å². The molecule has 48 heavy (non-hydrogen) atoms. The van der Waals surface area contributed by atoms with E-state index < -0.39 is 0 Å². The number of aromatic nitrogens is 1. The molecule has 3 nitrogen and oxygen atoms in total. The van der Waals surface area contributed by atoms with Crippen LogP contribution in [-0.4, -0.2) is 15.9 Å². The minimum atomic E-state index is 0. The monoisotopic (exact) mass is 817 g/mol. The summed E-state index contributed by atoms with van der Waals surface area (Å²) in [6.07, 6.45) is 6.80. The quantitative estimate of drug-likeness (QED) is 0.0868. The van der Waals surface area contributed by atoms with Crippen LogP contribution in [0.3, 0.4) is 0 Å². The molecule has 0 aliphatic heterocycles. The number of ketones is 1. The fourth-order valence-corrected chi connectivity index (χ4v) is 6.01. The number of hydrogen-bond donors (Lipinski definition) is 1. The topological polar surface area (TPSA) is 50.2 Å². The SMILES string of the molecule is CC(C)(C)c1cc(-c2cc(-c3ccc(-c4ccccc4)cc3)ccn2)[c-]c2ccccc12.CCC(CC)C(=O)/C=C(\O)C(CC)CC.[Ir]. The van der Waals surface area contributed by atoms with Crippen molar-refractivity contribution in [3.05, 3.63) is 127 Å². The van der Waals surface area contributed by atoms with E-state index in [9.17, 15) is 9.90 Å². The Balaban J connectivity index is 0.000000334. The van der Waals surface area contributed by atoms with Crippen LogP contribution in [0.4, 0.5) is 0 Å². The van der Waals surface area contributed by atoms with Gasteiger partial charge in [0.2, 0.25) is 0 Å². The van der Waals surface area contributed by atoms with E-state index in [0.717, 1.165) is 47.9 Å². The van der Waals surface area contributed by atoms with Crippen LogP contribution in [0, 0.1) is 17.9 Å². The summed E-state index contributed by atoms with van der Waals surface area (Å²) in [4.78, 5) is 16.4. The number of nitrogens with zero attached hydrogens (tertiary/aromatic N) is 1. The molecule has 0 aliphatic rings. The molecule has 0 fully saturated rings. The first-order chi connectivity index (χ1) is 22.6. The number of benzene rings is 4. The number of aliphatic hydroxyl groups is 1. The van der Waals surface area contributed by atoms with E-state index in [1.54, 1.807) is 0 Å². The predicted molar refractivity (Wildman–Crippen MR) is 199 cm³/mol. The van der Waals surface area contributed by atoms with Crippen molar-refractivity contribution < 1.29 is 30.0 Å². The summed E-state index contributed by atoms with van der Waals surface area (Å²) in [5.74, 6) is 0.547. The number of fused-ring (bicyclic) bond motifs is 1. The minimum absolute atomic E-state index is 0. The Morgan fingerprint density at radius 2 is 1.27 bits per heavy atom. The van der Waals surface area contributed by atoms with Crippen molar-refractivity contribution in [3.63, 3.8) is 0 Å². The minimum Gasteiger partial charge on any atom is -0.512 e. The molecule has 0 atom stereocenters. The standard InChI is InChI=1S/C31H26N.C13H24O2.Ir/c1-31(2,3)29-20-27(19-26-11-7-8-12-28(26)29)30-21-25(17-18-32-30)24-15-13-23(14-16-24)22-9-5-4-6-10-22;1-5-10(6-2)12(14)9-13(15)11(7-3)8-4;/h4-18,20-21H,1-3H3;9-11,14H,5-8H2,1-4H3;/q-1;;/b;12-9-;. The Morgan fingerprint density at radius 1 is 0.729 bits per heavy atom. The number of carbonyl (C=O) groups is 1. The Hall–Kier alpha value is -3.85. The molecule has 1 N–H and O–H groups in total. The summed E-state index contributed by atoms with van der Waals surface area (Å²) < 4.78 is 0. The molecule has 0 spiro atoms. The molecule has 1 heterocycles. The first-order valence-electron chi connectivity index (χ1n) is 17.1. The van der Waals surface area contributed by atoms with E-state index in [-0.39, 0.29) is 48.9 Å². The average molecular weight is 817 g/mol. The number of allylic oxidation sites excluding steroid dienone is 2. The summed E-state index contributed by atoms with van der Waals surface area (Å²) in [7, 11) is 0. The van der Waals surface area contributed by atoms with E-state index in [1.807, 2.05) is 40.0 Å². The normalized spacial score (nSPS) is 11.6. The number of aliphatic hydroxyl groups excluding tert-OH is 1. The van der Waals surface area contributed by atoms with Crippen molar-refractivity contribution >= 4 is 16.6 Å². The van der Waals surface area contributed by atoms with Gasteiger partial charge in [-0.05, 0) is 59.4 Å². The molecule has 0 amide bonds. The third-order valence-electron chi connectivity index (χ3n) is 9.03. The third-order valence-corrected chi connectivity index (χ3v) is 9.03. The van der Waals surface area contributed by atoms with Crippen LogP contribution in [-0.2, 0) is 30.3 Å². The molecule has 0 saturated heterocycles. The second kappa shape index (κ2) is 18.1. The van der Waals surface area contributed by atoms with Crippen LogP contribution in [0.2, 0.25) is 0 Å². The van der Waals surface area contributed by atoms with Gasteiger partial charge in [-0.25, -0.2) is 0 Å². The summed E-state index contributed by atoms with van der Waals surface area (Å²) in [6.45, 7) is 14.9. The van der Waals surface area contributed by atoms with Crippen molar-refractivity contribution in [1.29, 1.82) is 0 Å². The first-order valence-corrected chi connectivity index (χ1v) is 17.1. The zero-order valence-electron chi connectivity index (χ0n) is 29.5. The van der Waals surface area contributed by atoms with Crippen LogP contribution < -0.4 is 0 Å². The molecule has 4 aromatic carbocycles. The van der Waals surface area contributed by atoms with Gasteiger partial charge in [-0.3, -0.25) is 9.78 Å². The number of hydrogen-bond acceptors (Lipinski definition) is 3. The van der Waals surface area contributed by atoms with Gasteiger partial charge in [-0.1, -0.05) is 138 Å². The fraction of sp³-hybridized carbons (Fsp3) is 0.318. The van der Waals surface area contributed by atoms with Crippen molar-refractivity contribution in [2.75, 3.05) is 0 Å². The summed E-state index contributed by atoms with van der Waals surface area (Å²) >= 11 is 0. The van der Waals surface area contributed by atoms with Gasteiger partial charge < -0.3 is 5.11 Å². The van der Waals surface area contributed by atoms with E-state index >= 15 is 0 Å². The number of pyridine rings is 1. The molecule has 0 saturated carbocycles. The Bertz CT molecular complexity index is 1780. The maximum Gasteiger partial charge on any atom is 0.162 e. The van der Waals surface area contributed by atoms with Gasteiger partial charge in [-0.15, -0.1) is 29.1 Å². The Morgan fingerprint density at radius 3 is 1.85 bits per heavy atom. The van der Waals surface area contributed by atoms with Gasteiger partial charge in [0.15, 0.2) is 5.78 Å². The second-order valence-corrected chi connectivity index (χ2v) is 13.3. The van der Waals surface area contributed by atoms with Crippen LogP contribution >= 0.6 is 0 Å². The van der Waals surface area contributed by atoms with Crippen molar-refractivity contribution in [2.24, 2.45) is 11.8 Å². The zero-order chi connectivity index (χ0) is 34.0. The van der Waals surface area contributed by atoms with Crippen LogP contribution in [0.25, 0.3) is 44.3 Å². The average Bonchev–Trinajstić information content (AvgIpc) is 3.09. The molecule has 0 bridgehead atoms. The summed E-state index contributed by atoms with van der Waals surface area (Å²) in [5.41, 5.74) is 8.15. The molecule has 5 aromatic rings. The molecule has 4 heteroatoms. The number of rotatable bonds is 10. The molecule has 1 aromatic heterocycles. The van der Waals surface area contributed by atoms with Gasteiger partial charge in [0.25, 0.3) is 0 Å². The van der Waals surface area contributed by atoms with Gasteiger partial charge in [-0.2, -0.15) is 0 Å². The Kier molecular flexibility index (Phi) is 14.5. The van der Waals surface area contributed by atoms with Crippen molar-refractivity contribution in [1.82, 2.24) is 4.98 Å². The molecule has 1 radical (unpaired) electrons. The zero-order valence-corrected chi connectivity index (χ0v) is 31.9. The van der Waals surface area contributed by atoms with E-state index in [0.29, 0.717) is 0 Å². The fourth-order valence-electron chi connectivity index (χ4n) is 6.01. The smallest absolute Gasteiger partial charge is 0.162 e. The largest absolute Gasteiger partial charge is 0.512 e. The molecular weight excluding hydrogens is 767 g/mol. The van der Waals surface area contributed by atoms with Gasteiger partial charge >= 0.3 is 0 Å². The van der Waals surface area contributed by atoms with E-state index in [2.05, 4.69) is 118 Å². The number of carbonyl (C=O) groups excluding carboxylic acids is 1. The third kappa shape index (κ3) is 9.84. The molecule has 253 valence electrons. The molecule has 5 rings (SSSR count). The van der Waals surface area contributed by atoms with Gasteiger partial charge in [0.1, 0.15) is 0 Å². The van der Waals surface area contributed by atoms with E-state index in [4.69, 9.17) is 4.98 Å². The van der Waals surface area contributed by atoms with E-state index in [1.165, 1.54) is 33.7 Å². The molecule has 0 aliphatic carbocycles. The molecule has 0 unspecified atom stereocenters. The maximum atomic E-state index is 11.7. The van der Waals surface area contributed by atoms with Crippen molar-refractivity contribution in [2.45, 2.75) is 79.6 Å². The maximum absolute atomic E-state index is 11.7.